The molecule has 0 saturated heterocycles. The molecule has 10 radical (unpaired) electrons. The third kappa shape index (κ3) is 5.27. The highest BCUT2D eigenvalue weighted by molar-refractivity contribution is 6.68. The lowest BCUT2D eigenvalue weighted by atomic mass is 9.60. The van der Waals surface area contributed by atoms with E-state index in [0.29, 0.717) is 22.8 Å². The van der Waals surface area contributed by atoms with Gasteiger partial charge in [0.25, 0.3) is 0 Å². The lowest BCUT2D eigenvalue weighted by molar-refractivity contribution is 0.669. The van der Waals surface area contributed by atoms with Crippen LogP contribution >= 0.6 is 0 Å². The molecular formula is C45H23B5N4O. The smallest absolute Gasteiger partial charge is 0.167 e. The summed E-state index contributed by atoms with van der Waals surface area (Å²) in [4.78, 5) is 14.6. The fourth-order valence-corrected chi connectivity index (χ4v) is 7.58. The number of rotatable bonds is 5. The second kappa shape index (κ2) is 12.8. The highest BCUT2D eigenvalue weighted by Crippen LogP contribution is 2.39. The summed E-state index contributed by atoms with van der Waals surface area (Å²) in [5.41, 5.74) is 9.30. The molecule has 0 N–H and O–H groups in total. The fraction of sp³-hybridized carbons (Fsp3) is 0. The van der Waals surface area contributed by atoms with Gasteiger partial charge in [-0.15, -0.1) is 16.4 Å². The topological polar surface area (TPSA) is 56.7 Å². The van der Waals surface area contributed by atoms with E-state index in [9.17, 15) is 0 Å². The monoisotopic (exact) mass is 690 g/mol. The normalized spacial score (nSPS) is 11.6. The fourth-order valence-electron chi connectivity index (χ4n) is 7.58. The molecule has 0 aliphatic rings. The molecule has 0 fully saturated rings. The molecule has 0 aliphatic heterocycles. The molecule has 0 bridgehead atoms. The minimum atomic E-state index is 0.112. The Balaban J connectivity index is 1.14. The van der Waals surface area contributed by atoms with E-state index in [1.54, 1.807) is 0 Å². The van der Waals surface area contributed by atoms with Gasteiger partial charge in [0.15, 0.2) is 17.5 Å². The zero-order chi connectivity index (χ0) is 37.4. The van der Waals surface area contributed by atoms with Crippen molar-refractivity contribution in [2.75, 3.05) is 0 Å². The van der Waals surface area contributed by atoms with Gasteiger partial charge < -0.3 is 8.98 Å². The van der Waals surface area contributed by atoms with Crippen molar-refractivity contribution in [2.45, 2.75) is 0 Å². The first-order chi connectivity index (χ1) is 26.9. The average Bonchev–Trinajstić information content (AvgIpc) is 3.78. The Morgan fingerprint density at radius 2 is 1.00 bits per heavy atom. The molecule has 0 spiro atoms. The van der Waals surface area contributed by atoms with Crippen LogP contribution in [0.5, 0.6) is 0 Å². The van der Waals surface area contributed by atoms with Crippen LogP contribution < -0.4 is 27.3 Å². The summed E-state index contributed by atoms with van der Waals surface area (Å²) < 4.78 is 8.91. The van der Waals surface area contributed by atoms with Gasteiger partial charge in [-0.05, 0) is 59.7 Å². The lowest BCUT2D eigenvalue weighted by Gasteiger charge is -2.20. The van der Waals surface area contributed by atoms with Gasteiger partial charge in [0.2, 0.25) is 0 Å². The predicted octanol–water partition coefficient (Wildman–Crippen LogP) is 5.51. The predicted molar refractivity (Wildman–Crippen MR) is 230 cm³/mol. The first-order valence-electron chi connectivity index (χ1n) is 17.7. The van der Waals surface area contributed by atoms with Crippen LogP contribution in [0.2, 0.25) is 0 Å². The summed E-state index contributed by atoms with van der Waals surface area (Å²) in [6.07, 6.45) is 0. The number of aromatic nitrogens is 4. The second-order valence-electron chi connectivity index (χ2n) is 13.5. The van der Waals surface area contributed by atoms with Crippen LogP contribution in [0.3, 0.4) is 0 Å². The third-order valence-electron chi connectivity index (χ3n) is 10.3. The summed E-state index contributed by atoms with van der Waals surface area (Å²) in [6, 6.07) is 47.5. The van der Waals surface area contributed by atoms with Crippen molar-refractivity contribution in [3.05, 3.63) is 140 Å². The summed E-state index contributed by atoms with van der Waals surface area (Å²) in [5, 5.41) is 4.26. The lowest BCUT2D eigenvalue weighted by Crippen LogP contribution is -2.55. The van der Waals surface area contributed by atoms with E-state index in [0.717, 1.165) is 49.8 Å². The number of furan rings is 1. The van der Waals surface area contributed by atoms with E-state index in [1.165, 1.54) is 10.8 Å². The molecule has 7 aromatic carbocycles. The Kier molecular flexibility index (Phi) is 7.70. The number of nitrogens with zero attached hydrogens (tertiary/aromatic N) is 4. The minimum Gasteiger partial charge on any atom is -0.455 e. The molecule has 3 heterocycles. The zero-order valence-corrected chi connectivity index (χ0v) is 29.4. The molecule has 0 saturated carbocycles. The van der Waals surface area contributed by atoms with Crippen molar-refractivity contribution in [1.82, 2.24) is 19.5 Å². The van der Waals surface area contributed by atoms with Crippen LogP contribution in [0.25, 0.3) is 94.7 Å². The number of benzene rings is 7. The van der Waals surface area contributed by atoms with Gasteiger partial charge in [0, 0.05) is 38.4 Å². The van der Waals surface area contributed by atoms with E-state index in [2.05, 4.69) is 83.4 Å². The summed E-state index contributed by atoms with van der Waals surface area (Å²) in [7, 11) is 31.6. The quantitative estimate of drug-likeness (QED) is 0.224. The third-order valence-corrected chi connectivity index (χ3v) is 10.3. The molecule has 3 aromatic heterocycles. The number of hydrogen-bond donors (Lipinski definition) is 0. The Morgan fingerprint density at radius 3 is 1.76 bits per heavy atom. The van der Waals surface area contributed by atoms with Gasteiger partial charge >= 0.3 is 0 Å². The van der Waals surface area contributed by atoms with Crippen LogP contribution in [-0.4, -0.2) is 58.8 Å². The number of fused-ring (bicyclic) bond motifs is 6. The second-order valence-corrected chi connectivity index (χ2v) is 13.5. The summed E-state index contributed by atoms with van der Waals surface area (Å²) in [5.74, 6) is 0.978. The molecule has 244 valence electrons. The molecule has 10 rings (SSSR count). The Hall–Kier alpha value is -6.53. The molecule has 0 aliphatic carbocycles. The van der Waals surface area contributed by atoms with Gasteiger partial charge in [-0.2, -0.15) is 0 Å². The van der Waals surface area contributed by atoms with Gasteiger partial charge in [0.05, 0.1) is 16.6 Å². The average molecular weight is 690 g/mol. The van der Waals surface area contributed by atoms with Crippen molar-refractivity contribution >= 4 is 110 Å². The van der Waals surface area contributed by atoms with Crippen LogP contribution in [0.1, 0.15) is 0 Å². The highest BCUT2D eigenvalue weighted by atomic mass is 16.3. The highest BCUT2D eigenvalue weighted by Gasteiger charge is 2.21. The van der Waals surface area contributed by atoms with Crippen LogP contribution in [0.4, 0.5) is 0 Å². The molecule has 10 heteroatoms. The zero-order valence-electron chi connectivity index (χ0n) is 29.4. The maximum Gasteiger partial charge on any atom is 0.167 e. The van der Waals surface area contributed by atoms with Gasteiger partial charge in [-0.1, -0.05) is 102 Å². The minimum absolute atomic E-state index is 0.112. The maximum absolute atomic E-state index is 6.59. The van der Waals surface area contributed by atoms with Gasteiger partial charge in [-0.3, -0.25) is 0 Å². The maximum atomic E-state index is 6.59. The first kappa shape index (κ1) is 33.1. The van der Waals surface area contributed by atoms with Crippen LogP contribution in [0, 0.1) is 0 Å². The SMILES string of the molecule is [B]c1c([B])c([B])c(-c2nc(-c3ccccc3)nc(-c3cccc4c3oc3ccc(-c5ccc6c(c5)c5ccccc5n6-c5ccccc5)cc34)n2)c([B])c1[B]. The number of para-hydroxylation sites is 3. The van der Waals surface area contributed by atoms with E-state index in [-0.39, 0.29) is 38.7 Å². The Morgan fingerprint density at radius 1 is 0.418 bits per heavy atom. The van der Waals surface area contributed by atoms with E-state index >= 15 is 0 Å². The van der Waals surface area contributed by atoms with Gasteiger partial charge in [-0.25, -0.2) is 15.0 Å². The van der Waals surface area contributed by atoms with Gasteiger partial charge in [0.1, 0.15) is 50.4 Å². The molecule has 0 amide bonds. The largest absolute Gasteiger partial charge is 0.455 e. The van der Waals surface area contributed by atoms with Crippen LogP contribution in [0.15, 0.2) is 144 Å². The summed E-state index contributed by atoms with van der Waals surface area (Å²) in [6.45, 7) is 0. The summed E-state index contributed by atoms with van der Waals surface area (Å²) >= 11 is 0. The van der Waals surface area contributed by atoms with Crippen molar-refractivity contribution in [3.8, 4) is 51.0 Å². The molecule has 0 unspecified atom stereocenters. The number of hydrogen-bond acceptors (Lipinski definition) is 4. The van der Waals surface area contributed by atoms with Crippen molar-refractivity contribution in [1.29, 1.82) is 0 Å². The molecule has 10 aromatic rings. The van der Waals surface area contributed by atoms with E-state index < -0.39 is 0 Å². The van der Waals surface area contributed by atoms with Crippen molar-refractivity contribution in [3.63, 3.8) is 0 Å². The Bertz CT molecular complexity index is 3130. The first-order valence-corrected chi connectivity index (χ1v) is 17.7. The van der Waals surface area contributed by atoms with E-state index in [4.69, 9.17) is 58.6 Å². The Labute approximate surface area is 323 Å². The van der Waals surface area contributed by atoms with Crippen molar-refractivity contribution in [2.24, 2.45) is 0 Å². The molecular weight excluding hydrogens is 667 g/mol. The van der Waals surface area contributed by atoms with Crippen LogP contribution in [-0.2, 0) is 0 Å². The molecule has 55 heavy (non-hydrogen) atoms. The standard InChI is InChI=1S/C45H23B5N4O/c46-37-36(38(47)40(49)41(50)39(37)48)45-52-43(24-10-3-1-4-11-24)51-44(53-45)30-16-9-15-29-32-23-26(19-21-35(32)55-42(29)30)25-18-20-34-31(22-25)28-14-7-8-17-33(28)54(34)27-12-5-2-6-13-27/h1-23H. The van der Waals surface area contributed by atoms with E-state index in [1.807, 2.05) is 60.7 Å². The molecule has 5 nitrogen and oxygen atoms in total. The van der Waals surface area contributed by atoms with Crippen molar-refractivity contribution < 1.29 is 4.42 Å². The molecule has 0 atom stereocenters.